The molecule has 2 rings (SSSR count). The van der Waals surface area contributed by atoms with Gasteiger partial charge < -0.3 is 4.42 Å². The van der Waals surface area contributed by atoms with Crippen molar-refractivity contribution in [3.8, 4) is 0 Å². The fraction of sp³-hybridized carbons (Fsp3) is 0.300. The highest BCUT2D eigenvalue weighted by molar-refractivity contribution is 7.99. The summed E-state index contributed by atoms with van der Waals surface area (Å²) in [4.78, 5) is 12.3. The number of amides is 1. The minimum Gasteiger partial charge on any atom is -0.468 e. The zero-order chi connectivity index (χ0) is 13.0. The molecule has 8 heteroatoms. The number of hydrogen-bond acceptors (Lipinski definition) is 6. The first-order valence-corrected chi connectivity index (χ1v) is 6.27. The van der Waals surface area contributed by atoms with Crippen molar-refractivity contribution in [2.24, 2.45) is 5.84 Å². The molecule has 0 aliphatic carbocycles. The fourth-order valence-electron chi connectivity index (χ4n) is 1.36. The average molecular weight is 267 g/mol. The Hall–Kier alpha value is -1.80. The summed E-state index contributed by atoms with van der Waals surface area (Å²) in [6.45, 7) is 2.57. The van der Waals surface area contributed by atoms with Crippen LogP contribution in [0.25, 0.3) is 0 Å². The normalized spacial score (nSPS) is 10.6. The summed E-state index contributed by atoms with van der Waals surface area (Å²) in [5.74, 6) is 6.28. The van der Waals surface area contributed by atoms with Crippen molar-refractivity contribution in [3.05, 3.63) is 30.0 Å². The number of nitrogen functional groups attached to an aromatic ring is 1. The standard InChI is InChI=1S/C10H13N5O2S/c1-7-9(2-4-17-7)18-5-3-15-6-8(13-14-15)10(16)12-11/h2,4,6H,3,5,11H2,1H3,(H,12,16). The molecule has 0 aliphatic heterocycles. The van der Waals surface area contributed by atoms with Gasteiger partial charge in [-0.3, -0.25) is 14.9 Å². The molecular formula is C10H13N5O2S. The lowest BCUT2D eigenvalue weighted by Gasteiger charge is -1.99. The summed E-state index contributed by atoms with van der Waals surface area (Å²) < 4.78 is 6.80. The molecule has 0 aliphatic rings. The SMILES string of the molecule is Cc1occc1SCCn1cc(C(=O)NN)nn1. The monoisotopic (exact) mass is 267 g/mol. The third-order valence-electron chi connectivity index (χ3n) is 2.29. The molecule has 0 fully saturated rings. The molecule has 2 heterocycles. The van der Waals surface area contributed by atoms with Crippen molar-refractivity contribution < 1.29 is 9.21 Å². The Morgan fingerprint density at radius 2 is 2.50 bits per heavy atom. The maximum Gasteiger partial charge on any atom is 0.287 e. The molecule has 0 saturated carbocycles. The van der Waals surface area contributed by atoms with E-state index in [9.17, 15) is 4.79 Å². The number of nitrogens with zero attached hydrogens (tertiary/aromatic N) is 3. The molecule has 0 spiro atoms. The number of aryl methyl sites for hydroxylation is 2. The van der Waals surface area contributed by atoms with Crippen LogP contribution < -0.4 is 11.3 Å². The van der Waals surface area contributed by atoms with Gasteiger partial charge in [-0.05, 0) is 13.0 Å². The highest BCUT2D eigenvalue weighted by Gasteiger charge is 2.08. The summed E-state index contributed by atoms with van der Waals surface area (Å²) in [5, 5.41) is 7.55. The van der Waals surface area contributed by atoms with Crippen molar-refractivity contribution in [2.75, 3.05) is 5.75 Å². The van der Waals surface area contributed by atoms with Crippen LogP contribution in [0.2, 0.25) is 0 Å². The van der Waals surface area contributed by atoms with E-state index >= 15 is 0 Å². The number of nitrogens with two attached hydrogens (primary N) is 1. The second-order valence-electron chi connectivity index (χ2n) is 3.53. The van der Waals surface area contributed by atoms with Gasteiger partial charge in [0.25, 0.3) is 5.91 Å². The highest BCUT2D eigenvalue weighted by atomic mass is 32.2. The number of thioether (sulfide) groups is 1. The first kappa shape index (κ1) is 12.7. The Bertz CT molecular complexity index is 536. The molecule has 1 amide bonds. The third kappa shape index (κ3) is 2.90. The summed E-state index contributed by atoms with van der Waals surface area (Å²) in [6, 6.07) is 1.93. The van der Waals surface area contributed by atoms with E-state index in [1.165, 1.54) is 0 Å². The molecule has 0 radical (unpaired) electrons. The van der Waals surface area contributed by atoms with E-state index in [0.717, 1.165) is 16.4 Å². The zero-order valence-corrected chi connectivity index (χ0v) is 10.6. The van der Waals surface area contributed by atoms with E-state index in [0.29, 0.717) is 6.54 Å². The Kier molecular flexibility index (Phi) is 4.00. The fourth-order valence-corrected chi connectivity index (χ4v) is 2.26. The minimum atomic E-state index is -0.445. The van der Waals surface area contributed by atoms with Crippen LogP contribution in [-0.4, -0.2) is 26.7 Å². The van der Waals surface area contributed by atoms with E-state index in [-0.39, 0.29) is 5.69 Å². The van der Waals surface area contributed by atoms with Crippen molar-refractivity contribution in [1.29, 1.82) is 0 Å². The van der Waals surface area contributed by atoms with Crippen LogP contribution in [-0.2, 0) is 6.54 Å². The molecule has 7 nitrogen and oxygen atoms in total. The van der Waals surface area contributed by atoms with Gasteiger partial charge in [-0.2, -0.15) is 0 Å². The number of carbonyl (C=O) groups is 1. The average Bonchev–Trinajstić information content (AvgIpc) is 2.99. The van der Waals surface area contributed by atoms with E-state index in [4.69, 9.17) is 10.3 Å². The number of aromatic nitrogens is 3. The van der Waals surface area contributed by atoms with E-state index in [1.807, 2.05) is 18.4 Å². The Labute approximate surface area is 108 Å². The van der Waals surface area contributed by atoms with Gasteiger partial charge in [0.2, 0.25) is 0 Å². The molecule has 0 unspecified atom stereocenters. The zero-order valence-electron chi connectivity index (χ0n) is 9.79. The summed E-state index contributed by atoms with van der Waals surface area (Å²) in [6.07, 6.45) is 3.22. The molecule has 0 bridgehead atoms. The van der Waals surface area contributed by atoms with Gasteiger partial charge in [0.05, 0.1) is 19.0 Å². The van der Waals surface area contributed by atoms with Crippen LogP contribution >= 0.6 is 11.8 Å². The molecule has 3 N–H and O–H groups in total. The van der Waals surface area contributed by atoms with E-state index < -0.39 is 5.91 Å². The second-order valence-corrected chi connectivity index (χ2v) is 4.67. The molecular weight excluding hydrogens is 254 g/mol. The van der Waals surface area contributed by atoms with Gasteiger partial charge in [-0.1, -0.05) is 5.21 Å². The van der Waals surface area contributed by atoms with Crippen molar-refractivity contribution >= 4 is 17.7 Å². The number of rotatable bonds is 5. The number of carbonyl (C=O) groups excluding carboxylic acids is 1. The first-order chi connectivity index (χ1) is 8.70. The van der Waals surface area contributed by atoms with Gasteiger partial charge in [-0.25, -0.2) is 5.84 Å². The maximum atomic E-state index is 11.2. The lowest BCUT2D eigenvalue weighted by atomic mass is 10.5. The lowest BCUT2D eigenvalue weighted by Crippen LogP contribution is -2.30. The van der Waals surface area contributed by atoms with Crippen LogP contribution in [0.5, 0.6) is 0 Å². The number of furan rings is 1. The van der Waals surface area contributed by atoms with Crippen LogP contribution in [0.1, 0.15) is 16.2 Å². The van der Waals surface area contributed by atoms with E-state index in [2.05, 4.69) is 10.3 Å². The van der Waals surface area contributed by atoms with Crippen molar-refractivity contribution in [3.63, 3.8) is 0 Å². The summed E-state index contributed by atoms with van der Waals surface area (Å²) in [7, 11) is 0. The first-order valence-electron chi connectivity index (χ1n) is 5.28. The Balaban J connectivity index is 1.85. The summed E-state index contributed by atoms with van der Waals surface area (Å²) >= 11 is 1.66. The molecule has 0 atom stereocenters. The Morgan fingerprint density at radius 1 is 1.67 bits per heavy atom. The quantitative estimate of drug-likeness (QED) is 0.356. The largest absolute Gasteiger partial charge is 0.468 e. The maximum absolute atomic E-state index is 11.2. The van der Waals surface area contributed by atoms with Crippen LogP contribution in [0, 0.1) is 6.92 Å². The minimum absolute atomic E-state index is 0.210. The van der Waals surface area contributed by atoms with Gasteiger partial charge >= 0.3 is 0 Å². The smallest absolute Gasteiger partial charge is 0.287 e. The molecule has 2 aromatic heterocycles. The molecule has 2 aromatic rings. The highest BCUT2D eigenvalue weighted by Crippen LogP contribution is 2.22. The number of hydrogen-bond donors (Lipinski definition) is 2. The van der Waals surface area contributed by atoms with Crippen LogP contribution in [0.15, 0.2) is 27.8 Å². The van der Waals surface area contributed by atoms with Crippen LogP contribution in [0.3, 0.4) is 0 Å². The summed E-state index contributed by atoms with van der Waals surface area (Å²) in [5.41, 5.74) is 2.22. The Morgan fingerprint density at radius 3 is 3.17 bits per heavy atom. The number of nitrogens with one attached hydrogen (secondary N) is 1. The van der Waals surface area contributed by atoms with Crippen molar-refractivity contribution in [1.82, 2.24) is 20.4 Å². The third-order valence-corrected chi connectivity index (χ3v) is 3.41. The topological polar surface area (TPSA) is 99.0 Å². The predicted octanol–water partition coefficient (Wildman–Crippen LogP) is 0.575. The van der Waals surface area contributed by atoms with Gasteiger partial charge in [-0.15, -0.1) is 16.9 Å². The second kappa shape index (κ2) is 5.69. The van der Waals surface area contributed by atoms with Crippen LogP contribution in [0.4, 0.5) is 0 Å². The van der Waals surface area contributed by atoms with Crippen molar-refractivity contribution in [2.45, 2.75) is 18.4 Å². The van der Waals surface area contributed by atoms with E-state index in [1.54, 1.807) is 28.9 Å². The van der Waals surface area contributed by atoms with Gasteiger partial charge in [0, 0.05) is 10.6 Å². The molecule has 0 saturated heterocycles. The lowest BCUT2D eigenvalue weighted by molar-refractivity contribution is 0.0948. The number of hydrazine groups is 1. The van der Waals surface area contributed by atoms with Gasteiger partial charge in [0.15, 0.2) is 5.69 Å². The van der Waals surface area contributed by atoms with Gasteiger partial charge in [0.1, 0.15) is 5.76 Å². The molecule has 96 valence electrons. The predicted molar refractivity (Wildman–Crippen MR) is 65.8 cm³/mol. The molecule has 18 heavy (non-hydrogen) atoms. The molecule has 0 aromatic carbocycles.